The third kappa shape index (κ3) is 7.08. The van der Waals surface area contributed by atoms with E-state index in [1.54, 1.807) is 24.3 Å². The van der Waals surface area contributed by atoms with Crippen LogP contribution in [-0.4, -0.2) is 58.7 Å². The molecule has 0 bridgehead atoms. The minimum atomic E-state index is -1.51. The van der Waals surface area contributed by atoms with Crippen LogP contribution in [0.5, 0.6) is 11.5 Å². The molecule has 0 aliphatic carbocycles. The Balaban J connectivity index is 0.000000244. The number of carboxylic acid groups (broad SMARTS) is 2. The Hall–Kier alpha value is -4.29. The standard InChI is InChI=1S/C18H24N2O4.C12H10Cl2N2O4/c1-6-18(3,7-2)14-11-15(24-20-14)19-17(21)16-12(22-4)9-8-10-13(16)23-5;1-12(11(19)20)5-8(10(17)18)15-16(12)9-3-2-6(13)4-7(9)14/h8-11H,6-7H2,1-5H3,(H,19,21);2-4H,5H2,1H3,(H,17,18)(H,19,20). The number of carboxylic acids is 2. The first-order chi connectivity index (χ1) is 20.7. The molecule has 0 radical (unpaired) electrons. The second kappa shape index (κ2) is 14.0. The van der Waals surface area contributed by atoms with Crippen molar-refractivity contribution < 1.29 is 38.6 Å². The molecule has 1 amide bonds. The van der Waals surface area contributed by atoms with Crippen molar-refractivity contribution in [2.75, 3.05) is 24.5 Å². The number of methoxy groups -OCH3 is 2. The number of carbonyl (C=O) groups excluding carboxylic acids is 1. The number of amides is 1. The van der Waals surface area contributed by atoms with E-state index < -0.39 is 17.5 Å². The monoisotopic (exact) mass is 648 g/mol. The van der Waals surface area contributed by atoms with Crippen LogP contribution in [0.2, 0.25) is 10.0 Å². The first-order valence-corrected chi connectivity index (χ1v) is 14.3. The number of hydrogen-bond acceptors (Lipinski definition) is 9. The fourth-order valence-corrected chi connectivity index (χ4v) is 4.89. The van der Waals surface area contributed by atoms with E-state index in [1.807, 2.05) is 0 Å². The fraction of sp³-hybridized carbons (Fsp3) is 0.367. The average molecular weight is 650 g/mol. The zero-order chi connectivity index (χ0) is 32.8. The Morgan fingerprint density at radius 1 is 1.07 bits per heavy atom. The van der Waals surface area contributed by atoms with E-state index in [2.05, 4.69) is 36.3 Å². The Labute approximate surface area is 264 Å². The number of carbonyl (C=O) groups is 3. The lowest BCUT2D eigenvalue weighted by Crippen LogP contribution is -2.47. The van der Waals surface area contributed by atoms with Crippen LogP contribution in [0, 0.1) is 0 Å². The van der Waals surface area contributed by atoms with Gasteiger partial charge >= 0.3 is 11.9 Å². The highest BCUT2D eigenvalue weighted by atomic mass is 35.5. The topological polar surface area (TPSA) is 164 Å². The van der Waals surface area contributed by atoms with Crippen molar-refractivity contribution in [1.29, 1.82) is 0 Å². The molecule has 1 unspecified atom stereocenters. The number of rotatable bonds is 10. The number of benzene rings is 2. The Morgan fingerprint density at radius 2 is 1.68 bits per heavy atom. The van der Waals surface area contributed by atoms with Crippen molar-refractivity contribution in [2.45, 2.75) is 57.9 Å². The number of hydrogen-bond donors (Lipinski definition) is 3. The summed E-state index contributed by atoms with van der Waals surface area (Å²) in [6.45, 7) is 7.73. The van der Waals surface area contributed by atoms with Gasteiger partial charge < -0.3 is 24.2 Å². The van der Waals surface area contributed by atoms with E-state index in [0.29, 0.717) is 28.0 Å². The normalized spacial score (nSPS) is 16.0. The Bertz CT molecular complexity index is 1550. The van der Waals surface area contributed by atoms with Crippen LogP contribution in [0.4, 0.5) is 11.6 Å². The van der Waals surface area contributed by atoms with Gasteiger partial charge in [-0.15, -0.1) is 0 Å². The number of anilines is 2. The average Bonchev–Trinajstić information content (AvgIpc) is 3.62. The van der Waals surface area contributed by atoms with Crippen LogP contribution in [0.15, 0.2) is 52.1 Å². The lowest BCUT2D eigenvalue weighted by Gasteiger charge is -2.30. The molecular weight excluding hydrogens is 615 g/mol. The Kier molecular flexibility index (Phi) is 10.9. The number of hydrazone groups is 1. The van der Waals surface area contributed by atoms with Gasteiger partial charge in [0, 0.05) is 22.9 Å². The SMILES string of the molecule is CC1(C(=O)O)CC(C(=O)O)=NN1c1ccc(Cl)cc1Cl.CCC(C)(CC)c1cc(NC(=O)c2c(OC)cccc2OC)on1. The summed E-state index contributed by atoms with van der Waals surface area (Å²) in [6.07, 6.45) is 1.64. The number of aromatic nitrogens is 1. The summed E-state index contributed by atoms with van der Waals surface area (Å²) in [5, 5.41) is 30.8. The van der Waals surface area contributed by atoms with Gasteiger partial charge in [-0.1, -0.05) is 55.2 Å². The van der Waals surface area contributed by atoms with Gasteiger partial charge in [0.05, 0.1) is 30.6 Å². The summed E-state index contributed by atoms with van der Waals surface area (Å²) in [5.41, 5.74) is -0.387. The minimum Gasteiger partial charge on any atom is -0.496 e. The molecule has 2 aromatic carbocycles. The second-order valence-electron chi connectivity index (χ2n) is 10.4. The summed E-state index contributed by atoms with van der Waals surface area (Å²) in [7, 11) is 3.01. The van der Waals surface area contributed by atoms with Gasteiger partial charge in [0.15, 0.2) is 5.54 Å². The van der Waals surface area contributed by atoms with E-state index in [0.717, 1.165) is 23.5 Å². The highest BCUT2D eigenvalue weighted by molar-refractivity contribution is 6.38. The van der Waals surface area contributed by atoms with Crippen molar-refractivity contribution >= 4 is 58.3 Å². The van der Waals surface area contributed by atoms with Crippen LogP contribution in [-0.2, 0) is 15.0 Å². The van der Waals surface area contributed by atoms with Crippen LogP contribution >= 0.6 is 23.2 Å². The predicted molar refractivity (Wildman–Crippen MR) is 167 cm³/mol. The van der Waals surface area contributed by atoms with Gasteiger partial charge in [0.2, 0.25) is 5.88 Å². The smallest absolute Gasteiger partial charge is 0.352 e. The number of nitrogens with zero attached hydrogens (tertiary/aromatic N) is 3. The number of ether oxygens (including phenoxy) is 2. The molecule has 0 saturated heterocycles. The first-order valence-electron chi connectivity index (χ1n) is 13.5. The molecule has 44 heavy (non-hydrogen) atoms. The van der Waals surface area contributed by atoms with Gasteiger partial charge in [0.25, 0.3) is 5.91 Å². The number of nitrogens with one attached hydrogen (secondary N) is 1. The zero-order valence-corrected chi connectivity index (χ0v) is 26.6. The molecule has 1 aromatic heterocycles. The van der Waals surface area contributed by atoms with E-state index >= 15 is 0 Å². The van der Waals surface area contributed by atoms with Gasteiger partial charge in [-0.3, -0.25) is 10.1 Å². The van der Waals surface area contributed by atoms with Crippen LogP contribution in [0.1, 0.15) is 63.0 Å². The van der Waals surface area contributed by atoms with Crippen molar-refractivity contribution in [3.05, 3.63) is 63.8 Å². The lowest BCUT2D eigenvalue weighted by molar-refractivity contribution is -0.142. The molecule has 3 aromatic rings. The molecule has 1 aliphatic heterocycles. The molecule has 1 aliphatic rings. The van der Waals surface area contributed by atoms with Gasteiger partial charge in [-0.05, 0) is 50.1 Å². The molecule has 4 rings (SSSR count). The maximum Gasteiger partial charge on any atom is 0.352 e. The number of halogens is 2. The summed E-state index contributed by atoms with van der Waals surface area (Å²) in [4.78, 5) is 35.1. The summed E-state index contributed by atoms with van der Waals surface area (Å²) >= 11 is 11.8. The number of aliphatic carboxylic acids is 2. The molecule has 0 fully saturated rings. The lowest BCUT2D eigenvalue weighted by atomic mass is 9.81. The van der Waals surface area contributed by atoms with Gasteiger partial charge in [-0.2, -0.15) is 5.10 Å². The van der Waals surface area contributed by atoms with Crippen molar-refractivity contribution in [1.82, 2.24) is 5.16 Å². The van der Waals surface area contributed by atoms with E-state index in [-0.39, 0.29) is 34.2 Å². The molecule has 1 atom stereocenters. The molecule has 0 spiro atoms. The second-order valence-corrected chi connectivity index (χ2v) is 11.2. The van der Waals surface area contributed by atoms with E-state index in [4.69, 9.17) is 42.3 Å². The quantitative estimate of drug-likeness (QED) is 0.221. The van der Waals surface area contributed by atoms with Crippen molar-refractivity contribution in [2.24, 2.45) is 5.10 Å². The van der Waals surface area contributed by atoms with E-state index in [1.165, 1.54) is 39.3 Å². The summed E-state index contributed by atoms with van der Waals surface area (Å²) in [6, 6.07) is 11.4. The Morgan fingerprint density at radius 3 is 2.18 bits per heavy atom. The fourth-order valence-electron chi connectivity index (χ4n) is 4.40. The van der Waals surface area contributed by atoms with Crippen LogP contribution < -0.4 is 19.8 Å². The highest BCUT2D eigenvalue weighted by Gasteiger charge is 2.48. The molecule has 2 heterocycles. The maximum atomic E-state index is 12.6. The molecule has 12 nitrogen and oxygen atoms in total. The van der Waals surface area contributed by atoms with Gasteiger partial charge in [0.1, 0.15) is 22.8 Å². The largest absolute Gasteiger partial charge is 0.496 e. The molecule has 3 N–H and O–H groups in total. The molecule has 0 saturated carbocycles. The summed E-state index contributed by atoms with van der Waals surface area (Å²) < 4.78 is 15.8. The molecule has 236 valence electrons. The third-order valence-corrected chi connectivity index (χ3v) is 8.16. The van der Waals surface area contributed by atoms with Crippen LogP contribution in [0.3, 0.4) is 0 Å². The highest BCUT2D eigenvalue weighted by Crippen LogP contribution is 2.38. The minimum absolute atomic E-state index is 0.0748. The predicted octanol–water partition coefficient (Wildman–Crippen LogP) is 6.51. The zero-order valence-electron chi connectivity index (χ0n) is 25.1. The summed E-state index contributed by atoms with van der Waals surface area (Å²) in [5.74, 6) is -1.66. The van der Waals surface area contributed by atoms with Gasteiger partial charge in [-0.25, -0.2) is 14.6 Å². The van der Waals surface area contributed by atoms with Crippen molar-refractivity contribution in [3.8, 4) is 11.5 Å². The van der Waals surface area contributed by atoms with E-state index in [9.17, 15) is 19.5 Å². The maximum absolute atomic E-state index is 12.6. The third-order valence-electron chi connectivity index (χ3n) is 7.63. The molecule has 14 heteroatoms. The van der Waals surface area contributed by atoms with Crippen molar-refractivity contribution in [3.63, 3.8) is 0 Å². The van der Waals surface area contributed by atoms with Crippen LogP contribution in [0.25, 0.3) is 0 Å². The first kappa shape index (κ1) is 34.2. The molecular formula is C30H34Cl2N4O8.